The maximum Gasteiger partial charge on any atom is 0.251 e. The van der Waals surface area contributed by atoms with Crippen molar-refractivity contribution in [3.63, 3.8) is 0 Å². The smallest absolute Gasteiger partial charge is 0.251 e. The van der Waals surface area contributed by atoms with Crippen molar-refractivity contribution >= 4 is 28.8 Å². The van der Waals surface area contributed by atoms with Crippen LogP contribution in [0.25, 0.3) is 0 Å². The number of ether oxygens (including phenoxy) is 1. The number of amides is 2. The summed E-state index contributed by atoms with van der Waals surface area (Å²) in [6, 6.07) is 10.6. The molecule has 1 N–H and O–H groups in total. The topological polar surface area (TPSA) is 58.6 Å². The molecule has 1 fully saturated rings. The van der Waals surface area contributed by atoms with Crippen molar-refractivity contribution in [2.45, 2.75) is 18.9 Å². The number of thiophene rings is 1. The van der Waals surface area contributed by atoms with Crippen LogP contribution >= 0.6 is 11.3 Å². The molecule has 0 spiro atoms. The van der Waals surface area contributed by atoms with Gasteiger partial charge < -0.3 is 10.1 Å². The van der Waals surface area contributed by atoms with E-state index in [9.17, 15) is 9.59 Å². The van der Waals surface area contributed by atoms with Crippen LogP contribution in [-0.2, 0) is 16.0 Å². The van der Waals surface area contributed by atoms with E-state index in [4.69, 9.17) is 4.74 Å². The van der Waals surface area contributed by atoms with Gasteiger partial charge in [-0.3, -0.25) is 9.59 Å². The summed E-state index contributed by atoms with van der Waals surface area (Å²) in [6.07, 6.45) is 1.06. The molecule has 1 unspecified atom stereocenters. The third kappa shape index (κ3) is 3.43. The molecule has 1 atom stereocenters. The Morgan fingerprint density at radius 2 is 2.04 bits per heavy atom. The van der Waals surface area contributed by atoms with Gasteiger partial charge in [-0.1, -0.05) is 6.07 Å². The van der Waals surface area contributed by atoms with Crippen molar-refractivity contribution in [2.75, 3.05) is 18.6 Å². The van der Waals surface area contributed by atoms with Crippen LogP contribution in [0.3, 0.4) is 0 Å². The Labute approximate surface area is 138 Å². The van der Waals surface area contributed by atoms with Crippen LogP contribution in [0.5, 0.6) is 5.75 Å². The molecule has 23 heavy (non-hydrogen) atoms. The summed E-state index contributed by atoms with van der Waals surface area (Å²) in [7, 11) is 1.58. The molecular weight excluding hydrogens is 312 g/mol. The van der Waals surface area contributed by atoms with Gasteiger partial charge in [-0.15, -0.1) is 11.3 Å². The number of nitrogens with one attached hydrogen (secondary N) is 1. The number of carbonyl (C=O) groups excluding carboxylic acids is 2. The summed E-state index contributed by atoms with van der Waals surface area (Å²) in [5.41, 5.74) is 0.586. The number of benzene rings is 1. The first-order chi connectivity index (χ1) is 11.2. The molecule has 1 aliphatic heterocycles. The molecule has 2 amide bonds. The highest BCUT2D eigenvalue weighted by Gasteiger charge is 2.39. The molecule has 2 aromatic rings. The molecule has 2 heterocycles. The summed E-state index contributed by atoms with van der Waals surface area (Å²) >= 11 is 1.69. The molecule has 6 heteroatoms. The molecular formula is C17H18N2O3S. The molecule has 3 rings (SSSR count). The van der Waals surface area contributed by atoms with Gasteiger partial charge in [-0.25, -0.2) is 4.90 Å². The van der Waals surface area contributed by atoms with E-state index >= 15 is 0 Å². The van der Waals surface area contributed by atoms with E-state index < -0.39 is 6.04 Å². The summed E-state index contributed by atoms with van der Waals surface area (Å²) in [5.74, 6) is 0.332. The highest BCUT2D eigenvalue weighted by Crippen LogP contribution is 2.25. The monoisotopic (exact) mass is 330 g/mol. The first-order valence-electron chi connectivity index (χ1n) is 7.45. The van der Waals surface area contributed by atoms with Crippen LogP contribution in [0.4, 0.5) is 5.69 Å². The standard InChI is InChI=1S/C17H18N2O3S/c1-22-13-6-4-12(5-7-13)19-16(20)11-15(17(19)21)18-9-8-14-3-2-10-23-14/h2-7,10,15,18H,8-9,11H2,1H3. The van der Waals surface area contributed by atoms with Crippen LogP contribution in [0.15, 0.2) is 41.8 Å². The third-order valence-corrected chi connectivity index (χ3v) is 4.76. The predicted molar refractivity (Wildman–Crippen MR) is 89.9 cm³/mol. The molecule has 0 bridgehead atoms. The van der Waals surface area contributed by atoms with Gasteiger partial charge in [0, 0.05) is 11.4 Å². The fourth-order valence-electron chi connectivity index (χ4n) is 2.62. The number of rotatable bonds is 6. The molecule has 5 nitrogen and oxygen atoms in total. The van der Waals surface area contributed by atoms with Crippen molar-refractivity contribution in [3.8, 4) is 5.75 Å². The van der Waals surface area contributed by atoms with Gasteiger partial charge in [0.15, 0.2) is 0 Å². The highest BCUT2D eigenvalue weighted by atomic mass is 32.1. The van der Waals surface area contributed by atoms with E-state index in [1.54, 1.807) is 42.7 Å². The Morgan fingerprint density at radius 1 is 1.26 bits per heavy atom. The molecule has 0 radical (unpaired) electrons. The Hall–Kier alpha value is -2.18. The SMILES string of the molecule is COc1ccc(N2C(=O)CC(NCCc3cccs3)C2=O)cc1. The number of hydrogen-bond donors (Lipinski definition) is 1. The number of anilines is 1. The van der Waals surface area contributed by atoms with Crippen molar-refractivity contribution in [3.05, 3.63) is 46.7 Å². The molecule has 120 valence electrons. The third-order valence-electron chi connectivity index (χ3n) is 3.82. The van der Waals surface area contributed by atoms with Gasteiger partial charge in [-0.05, 0) is 42.1 Å². The molecule has 1 aliphatic rings. The lowest BCUT2D eigenvalue weighted by atomic mass is 10.2. The maximum absolute atomic E-state index is 12.5. The van der Waals surface area contributed by atoms with Gasteiger partial charge in [0.2, 0.25) is 5.91 Å². The van der Waals surface area contributed by atoms with Crippen molar-refractivity contribution in [1.82, 2.24) is 5.32 Å². The zero-order chi connectivity index (χ0) is 16.2. The zero-order valence-electron chi connectivity index (χ0n) is 12.8. The van der Waals surface area contributed by atoms with Gasteiger partial charge in [0.25, 0.3) is 5.91 Å². The number of hydrogen-bond acceptors (Lipinski definition) is 5. The molecule has 1 saturated heterocycles. The Kier molecular flexibility index (Phi) is 4.73. The van der Waals surface area contributed by atoms with Crippen LogP contribution in [0, 0.1) is 0 Å². The summed E-state index contributed by atoms with van der Waals surface area (Å²) in [4.78, 5) is 27.2. The van der Waals surface area contributed by atoms with Gasteiger partial charge in [-0.2, -0.15) is 0 Å². The second-order valence-electron chi connectivity index (χ2n) is 5.31. The summed E-state index contributed by atoms with van der Waals surface area (Å²) in [6.45, 7) is 0.681. The lowest BCUT2D eigenvalue weighted by Crippen LogP contribution is -2.39. The minimum absolute atomic E-state index is 0.172. The quantitative estimate of drug-likeness (QED) is 0.825. The Bertz CT molecular complexity index is 682. The van der Waals surface area contributed by atoms with Gasteiger partial charge >= 0.3 is 0 Å². The molecule has 1 aromatic carbocycles. The van der Waals surface area contributed by atoms with E-state index in [0.29, 0.717) is 18.0 Å². The first-order valence-corrected chi connectivity index (χ1v) is 8.33. The molecule has 0 saturated carbocycles. The van der Waals surface area contributed by atoms with Crippen molar-refractivity contribution in [1.29, 1.82) is 0 Å². The number of nitrogens with zero attached hydrogens (tertiary/aromatic N) is 1. The molecule has 1 aromatic heterocycles. The fourth-order valence-corrected chi connectivity index (χ4v) is 3.33. The zero-order valence-corrected chi connectivity index (χ0v) is 13.6. The second kappa shape index (κ2) is 6.93. The van der Waals surface area contributed by atoms with E-state index in [-0.39, 0.29) is 18.2 Å². The summed E-state index contributed by atoms with van der Waals surface area (Å²) < 4.78 is 5.10. The Morgan fingerprint density at radius 3 is 2.70 bits per heavy atom. The van der Waals surface area contributed by atoms with Crippen LogP contribution in [0.2, 0.25) is 0 Å². The largest absolute Gasteiger partial charge is 0.497 e. The van der Waals surface area contributed by atoms with Crippen molar-refractivity contribution < 1.29 is 14.3 Å². The van der Waals surface area contributed by atoms with E-state index in [2.05, 4.69) is 11.4 Å². The number of imide groups is 1. The van der Waals surface area contributed by atoms with Crippen LogP contribution in [0.1, 0.15) is 11.3 Å². The predicted octanol–water partition coefficient (Wildman–Crippen LogP) is 2.22. The second-order valence-corrected chi connectivity index (χ2v) is 6.34. The van der Waals surface area contributed by atoms with Crippen LogP contribution in [-0.4, -0.2) is 31.5 Å². The number of methoxy groups -OCH3 is 1. The lowest BCUT2D eigenvalue weighted by Gasteiger charge is -2.15. The average molecular weight is 330 g/mol. The van der Waals surface area contributed by atoms with Crippen LogP contribution < -0.4 is 15.0 Å². The lowest BCUT2D eigenvalue weighted by molar-refractivity contribution is -0.121. The summed E-state index contributed by atoms with van der Waals surface area (Å²) in [5, 5.41) is 5.23. The van der Waals surface area contributed by atoms with Gasteiger partial charge in [0.1, 0.15) is 5.75 Å². The minimum atomic E-state index is -0.440. The highest BCUT2D eigenvalue weighted by molar-refractivity contribution is 7.09. The Balaban J connectivity index is 1.62. The van der Waals surface area contributed by atoms with Crippen molar-refractivity contribution in [2.24, 2.45) is 0 Å². The maximum atomic E-state index is 12.5. The average Bonchev–Trinajstić information content (AvgIpc) is 3.17. The van der Waals surface area contributed by atoms with E-state index in [0.717, 1.165) is 6.42 Å². The first kappa shape index (κ1) is 15.7. The minimum Gasteiger partial charge on any atom is -0.497 e. The normalized spacial score (nSPS) is 17.8. The number of carbonyl (C=O) groups is 2. The fraction of sp³-hybridized carbons (Fsp3) is 0.294. The van der Waals surface area contributed by atoms with E-state index in [1.807, 2.05) is 11.4 Å². The molecule has 0 aliphatic carbocycles. The van der Waals surface area contributed by atoms with Gasteiger partial charge in [0.05, 0.1) is 25.3 Å². The van der Waals surface area contributed by atoms with E-state index in [1.165, 1.54) is 9.78 Å².